The van der Waals surface area contributed by atoms with Crippen LogP contribution in [0.5, 0.6) is 0 Å². The van der Waals surface area contributed by atoms with Crippen molar-refractivity contribution in [2.24, 2.45) is 0 Å². The van der Waals surface area contributed by atoms with E-state index in [1.165, 1.54) is 22.9 Å². The number of urea groups is 1. The molecule has 0 unspecified atom stereocenters. The number of aromatic nitrogens is 2. The van der Waals surface area contributed by atoms with Crippen LogP contribution in [0, 0.1) is 37.8 Å². The van der Waals surface area contributed by atoms with Crippen molar-refractivity contribution in [2.75, 3.05) is 4.90 Å². The lowest BCUT2D eigenvalue weighted by Crippen LogP contribution is -2.54. The average Bonchev–Trinajstić information content (AvgIpc) is 3.07. The van der Waals surface area contributed by atoms with Gasteiger partial charge in [0.05, 0.1) is 22.0 Å². The van der Waals surface area contributed by atoms with Crippen molar-refractivity contribution in [3.05, 3.63) is 86.2 Å². The molecule has 0 aliphatic carbocycles. The molecule has 1 fully saturated rings. The highest BCUT2D eigenvalue weighted by Gasteiger charge is 2.37. The number of aryl methyl sites for hydroxylation is 3. The van der Waals surface area contributed by atoms with Gasteiger partial charge in [0.15, 0.2) is 0 Å². The van der Waals surface area contributed by atoms with Gasteiger partial charge in [0, 0.05) is 23.4 Å². The number of benzene rings is 2. The standard InChI is InChI=1S/C24H21N5O5/c1-13-8-9-17(10-14(13)2)27-23(31)21(22(30)25-24(27)32)12-20-15(3)26-28(16(20)4)18-6-5-7-19(11-18)29(33)34/h5-12H,1-4H3,(H,25,30,32)/b21-12+. The first-order chi connectivity index (χ1) is 16.1. The Morgan fingerprint density at radius 2 is 1.71 bits per heavy atom. The predicted octanol–water partition coefficient (Wildman–Crippen LogP) is 3.68. The summed E-state index contributed by atoms with van der Waals surface area (Å²) in [6, 6.07) is 10.3. The van der Waals surface area contributed by atoms with Gasteiger partial charge in [-0.15, -0.1) is 0 Å². The molecule has 10 heteroatoms. The Morgan fingerprint density at radius 1 is 0.971 bits per heavy atom. The Balaban J connectivity index is 1.77. The number of nitro groups is 1. The number of nitrogens with zero attached hydrogens (tertiary/aromatic N) is 4. The fourth-order valence-corrected chi connectivity index (χ4v) is 3.75. The molecule has 0 radical (unpaired) electrons. The van der Waals surface area contributed by atoms with Gasteiger partial charge in [0.25, 0.3) is 17.5 Å². The van der Waals surface area contributed by atoms with Gasteiger partial charge in [-0.3, -0.25) is 25.0 Å². The quantitative estimate of drug-likeness (QED) is 0.274. The molecule has 2 aromatic carbocycles. The van der Waals surface area contributed by atoms with E-state index >= 15 is 0 Å². The van der Waals surface area contributed by atoms with E-state index in [0.717, 1.165) is 16.0 Å². The summed E-state index contributed by atoms with van der Waals surface area (Å²) >= 11 is 0. The third kappa shape index (κ3) is 3.85. The molecule has 0 bridgehead atoms. The molecule has 1 aromatic heterocycles. The molecule has 0 atom stereocenters. The van der Waals surface area contributed by atoms with Crippen LogP contribution in [0.15, 0.2) is 48.0 Å². The molecular weight excluding hydrogens is 438 g/mol. The number of carbonyl (C=O) groups excluding carboxylic acids is 3. The first kappa shape index (κ1) is 22.6. The predicted molar refractivity (Wildman–Crippen MR) is 125 cm³/mol. The minimum atomic E-state index is -0.823. The molecule has 34 heavy (non-hydrogen) atoms. The third-order valence-electron chi connectivity index (χ3n) is 5.77. The Morgan fingerprint density at radius 3 is 2.38 bits per heavy atom. The molecule has 2 heterocycles. The number of amides is 4. The van der Waals surface area contributed by atoms with Gasteiger partial charge in [-0.2, -0.15) is 5.10 Å². The smallest absolute Gasteiger partial charge is 0.273 e. The van der Waals surface area contributed by atoms with E-state index in [9.17, 15) is 24.5 Å². The number of barbiturate groups is 1. The molecule has 10 nitrogen and oxygen atoms in total. The highest BCUT2D eigenvalue weighted by molar-refractivity contribution is 6.39. The summed E-state index contributed by atoms with van der Waals surface area (Å²) in [6.45, 7) is 7.20. The summed E-state index contributed by atoms with van der Waals surface area (Å²) in [7, 11) is 0. The number of nitrogens with one attached hydrogen (secondary N) is 1. The summed E-state index contributed by atoms with van der Waals surface area (Å²) in [5, 5.41) is 17.8. The number of imide groups is 2. The topological polar surface area (TPSA) is 127 Å². The van der Waals surface area contributed by atoms with Gasteiger partial charge in [-0.05, 0) is 63.1 Å². The number of anilines is 1. The summed E-state index contributed by atoms with van der Waals surface area (Å²) in [5.74, 6) is -1.56. The van der Waals surface area contributed by atoms with Crippen molar-refractivity contribution < 1.29 is 19.3 Å². The first-order valence-electron chi connectivity index (χ1n) is 10.4. The zero-order chi connectivity index (χ0) is 24.7. The van der Waals surface area contributed by atoms with Crippen LogP contribution < -0.4 is 10.2 Å². The van der Waals surface area contributed by atoms with E-state index in [1.807, 2.05) is 13.8 Å². The largest absolute Gasteiger partial charge is 0.335 e. The monoisotopic (exact) mass is 459 g/mol. The van der Waals surface area contributed by atoms with E-state index < -0.39 is 22.8 Å². The molecule has 1 N–H and O–H groups in total. The lowest BCUT2D eigenvalue weighted by Gasteiger charge is -2.26. The summed E-state index contributed by atoms with van der Waals surface area (Å²) in [5.41, 5.74) is 3.98. The minimum Gasteiger partial charge on any atom is -0.273 e. The van der Waals surface area contributed by atoms with E-state index in [4.69, 9.17) is 0 Å². The van der Waals surface area contributed by atoms with Crippen LogP contribution in [0.1, 0.15) is 28.1 Å². The molecule has 4 amide bonds. The van der Waals surface area contributed by atoms with Gasteiger partial charge >= 0.3 is 6.03 Å². The molecule has 3 aromatic rings. The number of non-ortho nitro benzene ring substituents is 1. The normalized spacial score (nSPS) is 15.1. The SMILES string of the molecule is Cc1ccc(N2C(=O)NC(=O)/C(=C\c3c(C)nn(-c4cccc([N+](=O)[O-])c4)c3C)C2=O)cc1C. The van der Waals surface area contributed by atoms with E-state index in [-0.39, 0.29) is 11.3 Å². The lowest BCUT2D eigenvalue weighted by molar-refractivity contribution is -0.384. The maximum Gasteiger partial charge on any atom is 0.335 e. The molecular formula is C24H21N5O5. The summed E-state index contributed by atoms with van der Waals surface area (Å²) in [4.78, 5) is 49.9. The molecule has 4 rings (SSSR count). The second-order valence-corrected chi connectivity index (χ2v) is 8.00. The second kappa shape index (κ2) is 8.39. The number of carbonyl (C=O) groups is 3. The van der Waals surface area contributed by atoms with Crippen LogP contribution in [0.3, 0.4) is 0 Å². The minimum absolute atomic E-state index is 0.0886. The molecule has 1 saturated heterocycles. The average molecular weight is 459 g/mol. The van der Waals surface area contributed by atoms with Crippen molar-refractivity contribution >= 4 is 35.3 Å². The zero-order valence-electron chi connectivity index (χ0n) is 18.9. The maximum absolute atomic E-state index is 13.2. The molecule has 1 aliphatic rings. The van der Waals surface area contributed by atoms with Crippen molar-refractivity contribution in [1.29, 1.82) is 0 Å². The van der Waals surface area contributed by atoms with Gasteiger partial charge < -0.3 is 0 Å². The fraction of sp³-hybridized carbons (Fsp3) is 0.167. The third-order valence-corrected chi connectivity index (χ3v) is 5.77. The van der Waals surface area contributed by atoms with Gasteiger partial charge in [-0.1, -0.05) is 12.1 Å². The van der Waals surface area contributed by atoms with E-state index in [2.05, 4.69) is 10.4 Å². The molecule has 1 aliphatic heterocycles. The van der Waals surface area contributed by atoms with Crippen LogP contribution in [0.4, 0.5) is 16.2 Å². The van der Waals surface area contributed by atoms with Crippen molar-refractivity contribution in [1.82, 2.24) is 15.1 Å². The Kier molecular flexibility index (Phi) is 5.58. The van der Waals surface area contributed by atoms with Crippen molar-refractivity contribution in [3.63, 3.8) is 0 Å². The van der Waals surface area contributed by atoms with E-state index in [1.54, 1.807) is 44.2 Å². The van der Waals surface area contributed by atoms with Gasteiger partial charge in [0.2, 0.25) is 0 Å². The van der Waals surface area contributed by atoms with Gasteiger partial charge in [-0.25, -0.2) is 14.4 Å². The molecule has 172 valence electrons. The van der Waals surface area contributed by atoms with Crippen LogP contribution >= 0.6 is 0 Å². The Hall–Kier alpha value is -4.60. The Bertz CT molecular complexity index is 1420. The number of rotatable bonds is 4. The van der Waals surface area contributed by atoms with Crippen LogP contribution in [0.25, 0.3) is 11.8 Å². The van der Waals surface area contributed by atoms with Crippen LogP contribution in [-0.2, 0) is 9.59 Å². The number of hydrogen-bond acceptors (Lipinski definition) is 6. The highest BCUT2D eigenvalue weighted by Crippen LogP contribution is 2.27. The van der Waals surface area contributed by atoms with Gasteiger partial charge in [0.1, 0.15) is 5.57 Å². The number of hydrogen-bond donors (Lipinski definition) is 1. The van der Waals surface area contributed by atoms with Crippen molar-refractivity contribution in [3.8, 4) is 5.69 Å². The maximum atomic E-state index is 13.2. The first-order valence-corrected chi connectivity index (χ1v) is 10.4. The summed E-state index contributed by atoms with van der Waals surface area (Å²) in [6.07, 6.45) is 1.39. The van der Waals surface area contributed by atoms with E-state index in [0.29, 0.717) is 28.3 Å². The number of nitro benzene ring substituents is 1. The zero-order valence-corrected chi connectivity index (χ0v) is 18.9. The lowest BCUT2D eigenvalue weighted by atomic mass is 10.0. The summed E-state index contributed by atoms with van der Waals surface area (Å²) < 4.78 is 1.51. The highest BCUT2D eigenvalue weighted by atomic mass is 16.6. The molecule has 0 saturated carbocycles. The van der Waals surface area contributed by atoms with Crippen molar-refractivity contribution in [2.45, 2.75) is 27.7 Å². The Labute approximate surface area is 194 Å². The second-order valence-electron chi connectivity index (χ2n) is 8.00. The van der Waals surface area contributed by atoms with Crippen LogP contribution in [-0.4, -0.2) is 32.5 Å². The fourth-order valence-electron chi connectivity index (χ4n) is 3.75. The molecule has 0 spiro atoms. The van der Waals surface area contributed by atoms with Crippen LogP contribution in [0.2, 0.25) is 0 Å².